The van der Waals surface area contributed by atoms with Crippen molar-refractivity contribution in [1.29, 1.82) is 0 Å². The van der Waals surface area contributed by atoms with Crippen LogP contribution in [0.25, 0.3) is 11.3 Å². The molecule has 0 fully saturated rings. The van der Waals surface area contributed by atoms with E-state index in [9.17, 15) is 24.6 Å². The van der Waals surface area contributed by atoms with Crippen molar-refractivity contribution >= 4 is 17.9 Å². The van der Waals surface area contributed by atoms with Gasteiger partial charge in [0.1, 0.15) is 6.04 Å². The summed E-state index contributed by atoms with van der Waals surface area (Å²) >= 11 is 0. The summed E-state index contributed by atoms with van der Waals surface area (Å²) in [6.45, 7) is 11.0. The Bertz CT molecular complexity index is 1420. The predicted octanol–water partition coefficient (Wildman–Crippen LogP) is 4.31. The molecule has 7 N–H and O–H groups in total. The molecule has 0 aliphatic carbocycles. The Morgan fingerprint density at radius 1 is 0.761 bits per heavy atom. The van der Waals surface area contributed by atoms with Crippen molar-refractivity contribution in [2.24, 2.45) is 16.6 Å². The highest BCUT2D eigenvalue weighted by Gasteiger charge is 2.36. The van der Waals surface area contributed by atoms with Gasteiger partial charge in [0.25, 0.3) is 0 Å². The minimum atomic E-state index is -1.31. The van der Waals surface area contributed by atoms with Crippen LogP contribution in [-0.2, 0) is 22.4 Å². The summed E-state index contributed by atoms with van der Waals surface area (Å²) in [5.74, 6) is -0.882. The number of nitrogens with zero attached hydrogens (tertiary/aromatic N) is 1. The molecule has 3 amide bonds. The molecule has 0 unspecified atom stereocenters. The second kappa shape index (κ2) is 15.8. The Balaban J connectivity index is 1.91. The average molecular weight is 632 g/mol. The number of carbonyl (C=O) groups excluding carboxylic acids is 2. The van der Waals surface area contributed by atoms with Gasteiger partial charge < -0.3 is 31.9 Å². The lowest BCUT2D eigenvalue weighted by atomic mass is 9.85. The Kier molecular flexibility index (Phi) is 12.4. The molecule has 10 nitrogen and oxygen atoms in total. The van der Waals surface area contributed by atoms with Crippen molar-refractivity contribution in [1.82, 2.24) is 20.9 Å². The van der Waals surface area contributed by atoms with Crippen LogP contribution < -0.4 is 21.7 Å². The van der Waals surface area contributed by atoms with Crippen molar-refractivity contribution in [2.75, 3.05) is 0 Å². The second-order valence-electron chi connectivity index (χ2n) is 14.0. The van der Waals surface area contributed by atoms with Crippen molar-refractivity contribution in [3.63, 3.8) is 0 Å². The first kappa shape index (κ1) is 36.2. The number of aliphatic hydroxyl groups is 1. The highest BCUT2D eigenvalue weighted by atomic mass is 16.4. The number of hydrogen-bond acceptors (Lipinski definition) is 6. The van der Waals surface area contributed by atoms with E-state index in [2.05, 4.69) is 20.9 Å². The molecule has 0 aliphatic heterocycles. The molecule has 46 heavy (non-hydrogen) atoms. The number of carboxylic acid groups (broad SMARTS) is 1. The molecule has 0 bridgehead atoms. The molecule has 1 heterocycles. The van der Waals surface area contributed by atoms with Crippen LogP contribution in [0.1, 0.15) is 59.1 Å². The summed E-state index contributed by atoms with van der Waals surface area (Å²) in [6, 6.07) is 19.8. The largest absolute Gasteiger partial charge is 0.465 e. The van der Waals surface area contributed by atoms with Crippen LogP contribution in [0.2, 0.25) is 0 Å². The molecule has 0 spiro atoms. The van der Waals surface area contributed by atoms with Gasteiger partial charge in [-0.2, -0.15) is 0 Å². The Labute approximate surface area is 272 Å². The summed E-state index contributed by atoms with van der Waals surface area (Å²) in [4.78, 5) is 42.8. The average Bonchev–Trinajstić information content (AvgIpc) is 2.99. The van der Waals surface area contributed by atoms with E-state index >= 15 is 0 Å². The van der Waals surface area contributed by atoms with Crippen molar-refractivity contribution in [3.8, 4) is 11.3 Å². The number of carbonyl (C=O) groups is 3. The smallest absolute Gasteiger partial charge is 0.405 e. The number of aliphatic hydroxyl groups excluding tert-OH is 1. The molecule has 0 radical (unpaired) electrons. The zero-order chi connectivity index (χ0) is 34.1. The van der Waals surface area contributed by atoms with E-state index in [4.69, 9.17) is 5.73 Å². The number of hydrogen-bond donors (Lipinski definition) is 6. The maximum atomic E-state index is 13.6. The SMILES string of the molecule is CC(C)(C)[C@H](N)C(=O)N[C@@H](Cc1ccccc1)[C@@H](O)C[C@H](Cc1ccc(-c2ccccn2)cc1)NC(=O)[C@@H](NC(=O)O)C(C)(C)C. The molecule has 248 valence electrons. The van der Waals surface area contributed by atoms with Gasteiger partial charge >= 0.3 is 6.09 Å². The monoisotopic (exact) mass is 631 g/mol. The predicted molar refractivity (Wildman–Crippen MR) is 180 cm³/mol. The van der Waals surface area contributed by atoms with Gasteiger partial charge in [0.05, 0.1) is 23.9 Å². The van der Waals surface area contributed by atoms with Crippen molar-refractivity contribution in [2.45, 2.75) is 91.1 Å². The molecule has 10 heteroatoms. The molecule has 0 saturated heterocycles. The third-order valence-electron chi connectivity index (χ3n) is 7.97. The summed E-state index contributed by atoms with van der Waals surface area (Å²) in [5.41, 5.74) is 8.62. The fourth-order valence-corrected chi connectivity index (χ4v) is 5.18. The maximum Gasteiger partial charge on any atom is 0.405 e. The van der Waals surface area contributed by atoms with E-state index in [0.717, 1.165) is 22.4 Å². The first-order valence-electron chi connectivity index (χ1n) is 15.6. The van der Waals surface area contributed by atoms with E-state index in [1.165, 1.54) is 0 Å². The minimum absolute atomic E-state index is 0.0835. The van der Waals surface area contributed by atoms with Crippen molar-refractivity contribution < 1.29 is 24.6 Å². The van der Waals surface area contributed by atoms with Crippen LogP contribution in [0.15, 0.2) is 79.0 Å². The van der Waals surface area contributed by atoms with E-state index in [1.807, 2.05) is 93.6 Å². The topological polar surface area (TPSA) is 167 Å². The summed E-state index contributed by atoms with van der Waals surface area (Å²) in [5, 5.41) is 29.4. The number of pyridine rings is 1. The second-order valence-corrected chi connectivity index (χ2v) is 14.0. The number of amides is 3. The van der Waals surface area contributed by atoms with Crippen LogP contribution in [0, 0.1) is 10.8 Å². The van der Waals surface area contributed by atoms with Gasteiger partial charge in [-0.15, -0.1) is 0 Å². The summed E-state index contributed by atoms with van der Waals surface area (Å²) in [7, 11) is 0. The number of benzene rings is 2. The number of nitrogens with one attached hydrogen (secondary N) is 3. The van der Waals surface area contributed by atoms with E-state index < -0.39 is 53.1 Å². The Morgan fingerprint density at radius 3 is 1.91 bits per heavy atom. The Hall–Kier alpha value is -4.28. The van der Waals surface area contributed by atoms with Crippen LogP contribution >= 0.6 is 0 Å². The first-order valence-corrected chi connectivity index (χ1v) is 15.6. The normalized spacial score (nSPS) is 15.1. The lowest BCUT2D eigenvalue weighted by molar-refractivity contribution is -0.127. The van der Waals surface area contributed by atoms with Gasteiger partial charge in [-0.3, -0.25) is 14.6 Å². The zero-order valence-electron chi connectivity index (χ0n) is 27.7. The number of aromatic nitrogens is 1. The third-order valence-corrected chi connectivity index (χ3v) is 7.97. The van der Waals surface area contributed by atoms with Crippen LogP contribution in [0.5, 0.6) is 0 Å². The third kappa shape index (κ3) is 11.0. The zero-order valence-corrected chi connectivity index (χ0v) is 27.7. The van der Waals surface area contributed by atoms with Gasteiger partial charge in [0, 0.05) is 17.8 Å². The van der Waals surface area contributed by atoms with E-state index in [0.29, 0.717) is 12.8 Å². The van der Waals surface area contributed by atoms with Gasteiger partial charge in [-0.1, -0.05) is 102 Å². The minimum Gasteiger partial charge on any atom is -0.465 e. The highest BCUT2D eigenvalue weighted by molar-refractivity contribution is 5.86. The number of rotatable bonds is 13. The molecular formula is C36H49N5O5. The maximum absolute atomic E-state index is 13.6. The summed E-state index contributed by atoms with van der Waals surface area (Å²) < 4.78 is 0. The van der Waals surface area contributed by atoms with Crippen molar-refractivity contribution in [3.05, 3.63) is 90.1 Å². The Morgan fingerprint density at radius 2 is 1.37 bits per heavy atom. The van der Waals surface area contributed by atoms with E-state index in [-0.39, 0.29) is 12.3 Å². The molecule has 5 atom stereocenters. The van der Waals surface area contributed by atoms with E-state index in [1.54, 1.807) is 27.0 Å². The summed E-state index contributed by atoms with van der Waals surface area (Å²) in [6.07, 6.45) is 0.122. The highest BCUT2D eigenvalue weighted by Crippen LogP contribution is 2.23. The first-order chi connectivity index (χ1) is 21.5. The fraction of sp³-hybridized carbons (Fsp3) is 0.444. The van der Waals surface area contributed by atoms with Gasteiger partial charge in [0.2, 0.25) is 11.8 Å². The fourth-order valence-electron chi connectivity index (χ4n) is 5.18. The van der Waals surface area contributed by atoms with Crippen LogP contribution in [-0.4, -0.2) is 63.4 Å². The standard InChI is InChI=1S/C36H49N5O5/c1-35(2,3)30(37)32(43)40-28(21-23-12-8-7-9-13-23)29(42)22-26(39-33(44)31(36(4,5)6)41-34(45)46)20-24-15-17-25(18-16-24)27-14-10-11-19-38-27/h7-19,26,28-31,41-42H,20-22,37H2,1-6H3,(H,39,44)(H,40,43)(H,45,46)/t26-,28-,29-,30+,31+/m0/s1. The lowest BCUT2D eigenvalue weighted by Gasteiger charge is -2.34. The number of nitrogens with two attached hydrogens (primary N) is 1. The molecule has 3 aromatic rings. The van der Waals surface area contributed by atoms with Gasteiger partial charge in [0.15, 0.2) is 0 Å². The molecular weight excluding hydrogens is 582 g/mol. The van der Waals surface area contributed by atoms with Gasteiger partial charge in [-0.05, 0) is 53.4 Å². The molecule has 0 saturated carbocycles. The molecule has 3 rings (SSSR count). The van der Waals surface area contributed by atoms with Crippen LogP contribution in [0.4, 0.5) is 4.79 Å². The molecule has 1 aromatic heterocycles. The molecule has 2 aromatic carbocycles. The van der Waals surface area contributed by atoms with Gasteiger partial charge in [-0.25, -0.2) is 4.79 Å². The lowest BCUT2D eigenvalue weighted by Crippen LogP contribution is -2.57. The quantitative estimate of drug-likeness (QED) is 0.163. The van der Waals surface area contributed by atoms with Crippen LogP contribution in [0.3, 0.4) is 0 Å². The molecule has 0 aliphatic rings.